The van der Waals surface area contributed by atoms with Crippen molar-refractivity contribution in [2.45, 2.75) is 39.3 Å². The number of hydrogen-bond acceptors (Lipinski definition) is 4. The fourth-order valence-corrected chi connectivity index (χ4v) is 2.40. The van der Waals surface area contributed by atoms with Crippen LogP contribution in [-0.2, 0) is 11.3 Å². The van der Waals surface area contributed by atoms with Gasteiger partial charge in [-0.25, -0.2) is 4.68 Å². The summed E-state index contributed by atoms with van der Waals surface area (Å²) in [5, 5.41) is 15.9. The van der Waals surface area contributed by atoms with Gasteiger partial charge in [-0.05, 0) is 25.0 Å². The van der Waals surface area contributed by atoms with Gasteiger partial charge in [-0.15, -0.1) is 0 Å². The highest BCUT2D eigenvalue weighted by Crippen LogP contribution is 2.18. The number of carboxylic acid groups (broad SMARTS) is 1. The first-order valence-electron chi connectivity index (χ1n) is 8.08. The van der Waals surface area contributed by atoms with Crippen LogP contribution >= 0.6 is 0 Å². The number of carbonyl (C=O) groups excluding carboxylic acids is 1. The van der Waals surface area contributed by atoms with Gasteiger partial charge in [-0.2, -0.15) is 5.10 Å². The number of aliphatic carboxylic acids is 1. The Morgan fingerprint density at radius 3 is 2.48 bits per heavy atom. The third-order valence-corrected chi connectivity index (χ3v) is 3.70. The minimum absolute atomic E-state index is 0.0792. The highest BCUT2D eigenvalue weighted by molar-refractivity contribution is 5.92. The quantitative estimate of drug-likeness (QED) is 0.799. The van der Waals surface area contributed by atoms with Gasteiger partial charge in [0.25, 0.3) is 11.5 Å². The molecule has 0 saturated heterocycles. The number of amides is 1. The molecule has 2 rings (SSSR count). The maximum atomic E-state index is 12.5. The summed E-state index contributed by atoms with van der Waals surface area (Å²) in [6, 6.07) is 9.24. The van der Waals surface area contributed by atoms with E-state index in [1.165, 1.54) is 16.8 Å². The number of aromatic nitrogens is 2. The van der Waals surface area contributed by atoms with E-state index in [2.05, 4.69) is 10.4 Å². The number of carboxylic acids is 1. The van der Waals surface area contributed by atoms with E-state index in [1.807, 2.05) is 26.0 Å². The molecule has 7 heteroatoms. The van der Waals surface area contributed by atoms with Crippen molar-refractivity contribution in [3.8, 4) is 0 Å². The van der Waals surface area contributed by atoms with E-state index in [9.17, 15) is 14.4 Å². The van der Waals surface area contributed by atoms with Crippen LogP contribution in [0.3, 0.4) is 0 Å². The van der Waals surface area contributed by atoms with Crippen molar-refractivity contribution >= 4 is 11.9 Å². The van der Waals surface area contributed by atoms with Gasteiger partial charge in [-0.3, -0.25) is 14.4 Å². The third-order valence-electron chi connectivity index (χ3n) is 3.70. The number of aryl methyl sites for hydroxylation is 2. The third kappa shape index (κ3) is 5.00. The second kappa shape index (κ2) is 8.23. The molecule has 0 bridgehead atoms. The van der Waals surface area contributed by atoms with Crippen LogP contribution in [0.5, 0.6) is 0 Å². The monoisotopic (exact) mass is 343 g/mol. The number of nitrogens with one attached hydrogen (secondary N) is 1. The standard InChI is InChI=1S/C18H21N3O4/c1-3-10-21-16(22)9-8-14(20-21)18(25)19-15(11-17(23)24)13-6-4-12(2)5-7-13/h4-9,15H,3,10-11H2,1-2H3,(H,19,25)(H,23,24). The van der Waals surface area contributed by atoms with Crippen LogP contribution in [0.2, 0.25) is 0 Å². The summed E-state index contributed by atoms with van der Waals surface area (Å²) >= 11 is 0. The molecule has 1 atom stereocenters. The van der Waals surface area contributed by atoms with Crippen molar-refractivity contribution in [2.24, 2.45) is 0 Å². The highest BCUT2D eigenvalue weighted by atomic mass is 16.4. The average Bonchev–Trinajstić information content (AvgIpc) is 2.56. The molecule has 0 spiro atoms. The second-order valence-electron chi connectivity index (χ2n) is 5.81. The lowest BCUT2D eigenvalue weighted by Crippen LogP contribution is -2.33. The number of benzene rings is 1. The first-order valence-corrected chi connectivity index (χ1v) is 8.08. The Hall–Kier alpha value is -2.96. The summed E-state index contributed by atoms with van der Waals surface area (Å²) in [4.78, 5) is 35.3. The van der Waals surface area contributed by atoms with Gasteiger partial charge >= 0.3 is 5.97 Å². The molecule has 7 nitrogen and oxygen atoms in total. The van der Waals surface area contributed by atoms with E-state index in [-0.39, 0.29) is 17.7 Å². The fourth-order valence-electron chi connectivity index (χ4n) is 2.40. The molecule has 132 valence electrons. The molecule has 0 fully saturated rings. The van der Waals surface area contributed by atoms with Crippen molar-refractivity contribution < 1.29 is 14.7 Å². The van der Waals surface area contributed by atoms with Gasteiger partial charge in [0.15, 0.2) is 0 Å². The minimum Gasteiger partial charge on any atom is -0.481 e. The normalized spacial score (nSPS) is 11.8. The van der Waals surface area contributed by atoms with Gasteiger partial charge in [0.2, 0.25) is 0 Å². The summed E-state index contributed by atoms with van der Waals surface area (Å²) < 4.78 is 1.23. The zero-order valence-corrected chi connectivity index (χ0v) is 14.2. The minimum atomic E-state index is -1.02. The smallest absolute Gasteiger partial charge is 0.305 e. The number of hydrogen-bond donors (Lipinski definition) is 2. The van der Waals surface area contributed by atoms with Gasteiger partial charge in [0.1, 0.15) is 5.69 Å². The van der Waals surface area contributed by atoms with Crippen LogP contribution in [0.15, 0.2) is 41.2 Å². The van der Waals surface area contributed by atoms with Crippen LogP contribution < -0.4 is 10.9 Å². The molecule has 1 heterocycles. The summed E-state index contributed by atoms with van der Waals surface area (Å²) in [6.07, 6.45) is 0.465. The molecule has 0 radical (unpaired) electrons. The molecule has 25 heavy (non-hydrogen) atoms. The molecule has 1 aromatic carbocycles. The summed E-state index contributed by atoms with van der Waals surface area (Å²) in [5.74, 6) is -1.54. The van der Waals surface area contributed by atoms with E-state index in [0.717, 1.165) is 5.56 Å². The molecule has 1 aromatic heterocycles. The summed E-state index contributed by atoms with van der Waals surface area (Å²) in [6.45, 7) is 4.24. The predicted octanol–water partition coefficient (Wildman–Crippen LogP) is 1.91. The Labute approximate surface area is 145 Å². The van der Waals surface area contributed by atoms with Gasteiger partial charge in [-0.1, -0.05) is 36.8 Å². The molecule has 0 aliphatic heterocycles. The highest BCUT2D eigenvalue weighted by Gasteiger charge is 2.20. The lowest BCUT2D eigenvalue weighted by molar-refractivity contribution is -0.137. The van der Waals surface area contributed by atoms with Crippen LogP contribution in [0, 0.1) is 6.92 Å². The Balaban J connectivity index is 2.24. The lowest BCUT2D eigenvalue weighted by atomic mass is 10.0. The summed E-state index contributed by atoms with van der Waals surface area (Å²) in [5.41, 5.74) is 1.54. The number of carbonyl (C=O) groups is 2. The van der Waals surface area contributed by atoms with Crippen LogP contribution in [0.25, 0.3) is 0 Å². The van der Waals surface area contributed by atoms with Gasteiger partial charge in [0, 0.05) is 12.6 Å². The molecule has 0 aliphatic carbocycles. The maximum absolute atomic E-state index is 12.5. The van der Waals surface area contributed by atoms with Crippen LogP contribution in [0.1, 0.15) is 47.4 Å². The SMILES string of the molecule is CCCn1nc(C(=O)NC(CC(=O)O)c2ccc(C)cc2)ccc1=O. The Morgan fingerprint density at radius 2 is 1.88 bits per heavy atom. The molecule has 0 aliphatic rings. The molecule has 0 saturated carbocycles. The molecular weight excluding hydrogens is 322 g/mol. The largest absolute Gasteiger partial charge is 0.481 e. The lowest BCUT2D eigenvalue weighted by Gasteiger charge is -2.17. The molecule has 2 aromatic rings. The molecule has 1 amide bonds. The van der Waals surface area contributed by atoms with Gasteiger partial charge in [0.05, 0.1) is 12.5 Å². The molecular formula is C18H21N3O4. The van der Waals surface area contributed by atoms with E-state index >= 15 is 0 Å². The van der Waals surface area contributed by atoms with Crippen LogP contribution in [0.4, 0.5) is 0 Å². The first-order chi connectivity index (χ1) is 11.9. The maximum Gasteiger partial charge on any atom is 0.305 e. The number of rotatable bonds is 7. The predicted molar refractivity (Wildman–Crippen MR) is 92.4 cm³/mol. The van der Waals surface area contributed by atoms with Crippen molar-refractivity contribution in [3.63, 3.8) is 0 Å². The summed E-state index contributed by atoms with van der Waals surface area (Å²) in [7, 11) is 0. The Morgan fingerprint density at radius 1 is 1.20 bits per heavy atom. The fraction of sp³-hybridized carbons (Fsp3) is 0.333. The van der Waals surface area contributed by atoms with Crippen molar-refractivity contribution in [1.82, 2.24) is 15.1 Å². The van der Waals surface area contributed by atoms with Crippen molar-refractivity contribution in [1.29, 1.82) is 0 Å². The molecule has 1 unspecified atom stereocenters. The van der Waals surface area contributed by atoms with E-state index < -0.39 is 17.9 Å². The Kier molecular flexibility index (Phi) is 6.05. The topological polar surface area (TPSA) is 101 Å². The van der Waals surface area contributed by atoms with E-state index in [1.54, 1.807) is 12.1 Å². The number of nitrogens with zero attached hydrogens (tertiary/aromatic N) is 2. The van der Waals surface area contributed by atoms with Crippen LogP contribution in [-0.4, -0.2) is 26.8 Å². The zero-order chi connectivity index (χ0) is 18.4. The van der Waals surface area contributed by atoms with Gasteiger partial charge < -0.3 is 10.4 Å². The Bertz CT molecular complexity index is 812. The van der Waals surface area contributed by atoms with E-state index in [4.69, 9.17) is 5.11 Å². The average molecular weight is 343 g/mol. The van der Waals surface area contributed by atoms with E-state index in [0.29, 0.717) is 18.5 Å². The molecule has 2 N–H and O–H groups in total. The first kappa shape index (κ1) is 18.4. The van der Waals surface area contributed by atoms with Crippen molar-refractivity contribution in [2.75, 3.05) is 0 Å². The second-order valence-corrected chi connectivity index (χ2v) is 5.81. The zero-order valence-electron chi connectivity index (χ0n) is 14.2. The van der Waals surface area contributed by atoms with Crippen molar-refractivity contribution in [3.05, 3.63) is 63.6 Å².